The van der Waals surface area contributed by atoms with Gasteiger partial charge in [-0.05, 0) is 28.9 Å². The molecule has 3 rings (SSSR count). The van der Waals surface area contributed by atoms with Crippen LogP contribution in [0.5, 0.6) is 0 Å². The van der Waals surface area contributed by atoms with Crippen molar-refractivity contribution in [3.63, 3.8) is 0 Å². The summed E-state index contributed by atoms with van der Waals surface area (Å²) in [6, 6.07) is 19.4. The summed E-state index contributed by atoms with van der Waals surface area (Å²) in [7, 11) is -3.77. The summed E-state index contributed by atoms with van der Waals surface area (Å²) in [6.07, 6.45) is 4.25. The van der Waals surface area contributed by atoms with E-state index in [2.05, 4.69) is 0 Å². The fourth-order valence-electron chi connectivity index (χ4n) is 2.76. The van der Waals surface area contributed by atoms with Crippen LogP contribution >= 0.6 is 0 Å². The molecular formula is C22H17NO4S. The standard InChI is InChI=1S/C22H17NO4S/c23-12-7-13-27-22(24)16-17-14-20(18-8-3-1-4-9-18)28(25,26)21(15-17)19-10-5-2-6-11-19/h1-6,8-11,14-16H,7,13H2. The zero-order valence-electron chi connectivity index (χ0n) is 14.9. The maximum Gasteiger partial charge on any atom is 0.331 e. The van der Waals surface area contributed by atoms with Crippen LogP contribution in [0.1, 0.15) is 17.5 Å². The Morgan fingerprint density at radius 3 is 1.89 bits per heavy atom. The van der Waals surface area contributed by atoms with Crippen LogP contribution in [0.4, 0.5) is 0 Å². The number of hydrogen-bond donors (Lipinski definition) is 0. The van der Waals surface area contributed by atoms with E-state index in [0.717, 1.165) is 0 Å². The molecule has 0 atom stereocenters. The molecule has 0 N–H and O–H groups in total. The quantitative estimate of drug-likeness (QED) is 0.439. The Morgan fingerprint density at radius 2 is 1.43 bits per heavy atom. The number of rotatable bonds is 5. The molecule has 0 fully saturated rings. The molecule has 1 heterocycles. The Balaban J connectivity index is 2.08. The number of hydrogen-bond acceptors (Lipinski definition) is 5. The molecule has 0 unspecified atom stereocenters. The van der Waals surface area contributed by atoms with Crippen molar-refractivity contribution < 1.29 is 17.9 Å². The van der Waals surface area contributed by atoms with E-state index in [1.807, 2.05) is 6.07 Å². The Hall–Kier alpha value is -3.43. The van der Waals surface area contributed by atoms with Gasteiger partial charge in [-0.1, -0.05) is 60.7 Å². The first-order valence-electron chi connectivity index (χ1n) is 8.57. The largest absolute Gasteiger partial charge is 0.461 e. The van der Waals surface area contributed by atoms with Crippen LogP contribution in [0.25, 0.3) is 9.81 Å². The molecule has 2 aromatic carbocycles. The first-order valence-corrected chi connectivity index (χ1v) is 10.1. The van der Waals surface area contributed by atoms with Crippen LogP contribution in [0.3, 0.4) is 0 Å². The van der Waals surface area contributed by atoms with Gasteiger partial charge in [0.1, 0.15) is 6.61 Å². The maximum atomic E-state index is 13.2. The van der Waals surface area contributed by atoms with Crippen molar-refractivity contribution in [2.24, 2.45) is 0 Å². The zero-order valence-corrected chi connectivity index (χ0v) is 15.7. The molecule has 0 amide bonds. The van der Waals surface area contributed by atoms with E-state index in [1.54, 1.807) is 60.7 Å². The molecule has 5 nitrogen and oxygen atoms in total. The molecule has 28 heavy (non-hydrogen) atoms. The van der Waals surface area contributed by atoms with Gasteiger partial charge in [-0.3, -0.25) is 0 Å². The van der Waals surface area contributed by atoms with Gasteiger partial charge in [-0.2, -0.15) is 5.26 Å². The first-order chi connectivity index (χ1) is 13.5. The summed E-state index contributed by atoms with van der Waals surface area (Å²) >= 11 is 0. The average Bonchev–Trinajstić information content (AvgIpc) is 2.70. The van der Waals surface area contributed by atoms with Gasteiger partial charge in [0.2, 0.25) is 9.84 Å². The summed E-state index contributed by atoms with van der Waals surface area (Å²) in [5.41, 5.74) is 1.48. The van der Waals surface area contributed by atoms with Crippen molar-refractivity contribution in [1.29, 1.82) is 5.26 Å². The van der Waals surface area contributed by atoms with Crippen molar-refractivity contribution in [1.82, 2.24) is 0 Å². The van der Waals surface area contributed by atoms with Crippen LogP contribution in [0.15, 0.2) is 84.5 Å². The van der Waals surface area contributed by atoms with Gasteiger partial charge in [-0.15, -0.1) is 0 Å². The molecule has 0 aromatic heterocycles. The van der Waals surface area contributed by atoms with E-state index in [1.165, 1.54) is 18.2 Å². The third-order valence-electron chi connectivity index (χ3n) is 4.03. The second-order valence-electron chi connectivity index (χ2n) is 5.97. The smallest absolute Gasteiger partial charge is 0.331 e. The number of sulfone groups is 1. The number of allylic oxidation sites excluding steroid dienone is 3. The van der Waals surface area contributed by atoms with Crippen molar-refractivity contribution in [2.45, 2.75) is 6.42 Å². The lowest BCUT2D eigenvalue weighted by Crippen LogP contribution is -2.11. The fourth-order valence-corrected chi connectivity index (χ4v) is 4.47. The van der Waals surface area contributed by atoms with Crippen LogP contribution in [-0.4, -0.2) is 21.0 Å². The van der Waals surface area contributed by atoms with E-state index in [-0.39, 0.29) is 22.8 Å². The van der Waals surface area contributed by atoms with Gasteiger partial charge in [0.15, 0.2) is 0 Å². The van der Waals surface area contributed by atoms with Gasteiger partial charge in [0, 0.05) is 6.08 Å². The van der Waals surface area contributed by atoms with E-state index >= 15 is 0 Å². The fraction of sp³-hybridized carbons (Fsp3) is 0.0909. The van der Waals surface area contributed by atoms with Gasteiger partial charge in [0.25, 0.3) is 0 Å². The van der Waals surface area contributed by atoms with Crippen molar-refractivity contribution >= 4 is 25.6 Å². The molecule has 1 aliphatic heterocycles. The number of nitriles is 1. The molecule has 6 heteroatoms. The maximum absolute atomic E-state index is 13.2. The average molecular weight is 391 g/mol. The number of esters is 1. The highest BCUT2D eigenvalue weighted by Crippen LogP contribution is 2.38. The SMILES string of the molecule is N#CCCOC(=O)C=C1C=C(c2ccccc2)S(=O)(=O)C(c2ccccc2)=C1. The van der Waals surface area contributed by atoms with E-state index in [9.17, 15) is 13.2 Å². The monoisotopic (exact) mass is 391 g/mol. The molecule has 2 aromatic rings. The lowest BCUT2D eigenvalue weighted by molar-refractivity contribution is -0.137. The number of ether oxygens (including phenoxy) is 1. The van der Waals surface area contributed by atoms with Gasteiger partial charge in [-0.25, -0.2) is 13.2 Å². The summed E-state index contributed by atoms with van der Waals surface area (Å²) in [5.74, 6) is -0.628. The van der Waals surface area contributed by atoms with E-state index in [0.29, 0.717) is 16.7 Å². The Morgan fingerprint density at radius 1 is 0.929 bits per heavy atom. The van der Waals surface area contributed by atoms with Crippen LogP contribution in [0, 0.1) is 11.3 Å². The van der Waals surface area contributed by atoms with Gasteiger partial charge < -0.3 is 4.74 Å². The third kappa shape index (κ3) is 4.27. The molecule has 0 spiro atoms. The second-order valence-corrected chi connectivity index (χ2v) is 7.86. The van der Waals surface area contributed by atoms with Crippen LogP contribution in [0.2, 0.25) is 0 Å². The number of carbonyl (C=O) groups is 1. The molecule has 0 bridgehead atoms. The normalized spacial score (nSPS) is 15.0. The molecule has 0 radical (unpaired) electrons. The molecule has 0 aliphatic carbocycles. The predicted octanol–water partition coefficient (Wildman–Crippen LogP) is 3.88. The second kappa shape index (κ2) is 8.51. The zero-order chi connectivity index (χ0) is 20.0. The Bertz CT molecular complexity index is 1040. The van der Waals surface area contributed by atoms with Crippen molar-refractivity contribution in [3.05, 3.63) is 95.6 Å². The van der Waals surface area contributed by atoms with E-state index < -0.39 is 15.8 Å². The summed E-state index contributed by atoms with van der Waals surface area (Å²) in [6.45, 7) is -0.0120. The van der Waals surface area contributed by atoms with Gasteiger partial charge >= 0.3 is 5.97 Å². The predicted molar refractivity (Wildman–Crippen MR) is 107 cm³/mol. The minimum Gasteiger partial charge on any atom is -0.461 e. The number of benzene rings is 2. The van der Waals surface area contributed by atoms with Crippen LogP contribution < -0.4 is 0 Å². The summed E-state index contributed by atoms with van der Waals surface area (Å²) in [4.78, 5) is 12.3. The molecule has 0 saturated carbocycles. The molecule has 140 valence electrons. The van der Waals surface area contributed by atoms with Crippen LogP contribution in [-0.2, 0) is 19.4 Å². The lowest BCUT2D eigenvalue weighted by atomic mass is 10.1. The molecular weight excluding hydrogens is 374 g/mol. The highest BCUT2D eigenvalue weighted by Gasteiger charge is 2.29. The Kier molecular flexibility index (Phi) is 5.87. The van der Waals surface area contributed by atoms with Gasteiger partial charge in [0.05, 0.1) is 22.3 Å². The molecule has 0 saturated heterocycles. The minimum atomic E-state index is -3.77. The summed E-state index contributed by atoms with van der Waals surface area (Å²) < 4.78 is 31.5. The number of carbonyl (C=O) groups excluding carboxylic acids is 1. The van der Waals surface area contributed by atoms with Crippen molar-refractivity contribution in [3.8, 4) is 6.07 Å². The van der Waals surface area contributed by atoms with Crippen molar-refractivity contribution in [2.75, 3.05) is 6.61 Å². The highest BCUT2D eigenvalue weighted by molar-refractivity contribution is 8.09. The third-order valence-corrected chi connectivity index (χ3v) is 5.90. The number of nitrogens with zero attached hydrogens (tertiary/aromatic N) is 1. The Labute approximate surface area is 163 Å². The highest BCUT2D eigenvalue weighted by atomic mass is 32.2. The minimum absolute atomic E-state index is 0.0120. The first kappa shape index (κ1) is 19.3. The topological polar surface area (TPSA) is 84.2 Å². The lowest BCUT2D eigenvalue weighted by Gasteiger charge is -2.18. The molecule has 1 aliphatic rings. The van der Waals surface area contributed by atoms with E-state index in [4.69, 9.17) is 10.00 Å². The summed E-state index contributed by atoms with van der Waals surface area (Å²) in [5, 5.41) is 8.54.